The average molecular weight is 414 g/mol. The maximum Gasteiger partial charge on any atom is 0.233 e. The third kappa shape index (κ3) is 5.47. The van der Waals surface area contributed by atoms with Crippen molar-refractivity contribution in [2.24, 2.45) is 0 Å². The smallest absolute Gasteiger partial charge is 0.233 e. The van der Waals surface area contributed by atoms with Crippen molar-refractivity contribution in [1.82, 2.24) is 25.1 Å². The summed E-state index contributed by atoms with van der Waals surface area (Å²) < 4.78 is 12.3. The molecule has 29 heavy (non-hydrogen) atoms. The topological polar surface area (TPSA) is 82.4 Å². The van der Waals surface area contributed by atoms with Gasteiger partial charge in [-0.15, -0.1) is 5.10 Å². The Hall–Kier alpha value is -3.07. The van der Waals surface area contributed by atoms with Crippen LogP contribution in [0.4, 0.5) is 0 Å². The molecule has 9 heteroatoms. The summed E-state index contributed by atoms with van der Waals surface area (Å²) in [7, 11) is 4.95. The lowest BCUT2D eigenvalue weighted by molar-refractivity contribution is -0.127. The predicted octanol–water partition coefficient (Wildman–Crippen LogP) is 2.49. The molecule has 152 valence electrons. The Kier molecular flexibility index (Phi) is 7.07. The molecular weight excluding hydrogens is 390 g/mol. The van der Waals surface area contributed by atoms with Gasteiger partial charge in [-0.1, -0.05) is 48.2 Å². The van der Waals surface area contributed by atoms with Gasteiger partial charge >= 0.3 is 0 Å². The number of carbonyl (C=O) groups excluding carboxylic acids is 1. The van der Waals surface area contributed by atoms with Crippen molar-refractivity contribution >= 4 is 17.7 Å². The van der Waals surface area contributed by atoms with E-state index >= 15 is 0 Å². The highest BCUT2D eigenvalue weighted by molar-refractivity contribution is 7.99. The van der Waals surface area contributed by atoms with Crippen LogP contribution >= 0.6 is 11.8 Å². The van der Waals surface area contributed by atoms with Crippen LogP contribution in [0.25, 0.3) is 0 Å². The van der Waals surface area contributed by atoms with Gasteiger partial charge in [0.25, 0.3) is 0 Å². The van der Waals surface area contributed by atoms with Gasteiger partial charge in [-0.05, 0) is 33.7 Å². The van der Waals surface area contributed by atoms with Gasteiger partial charge in [0.2, 0.25) is 11.1 Å². The van der Waals surface area contributed by atoms with Crippen molar-refractivity contribution in [2.45, 2.75) is 18.2 Å². The van der Waals surface area contributed by atoms with Gasteiger partial charge in [0.15, 0.2) is 11.5 Å². The number of rotatable bonds is 9. The Morgan fingerprint density at radius 2 is 1.83 bits per heavy atom. The molecule has 0 saturated carbocycles. The molecule has 3 rings (SSSR count). The van der Waals surface area contributed by atoms with Crippen molar-refractivity contribution < 1.29 is 14.3 Å². The maximum absolute atomic E-state index is 12.6. The van der Waals surface area contributed by atoms with Crippen LogP contribution in [0.3, 0.4) is 0 Å². The Morgan fingerprint density at radius 3 is 2.55 bits per heavy atom. The van der Waals surface area contributed by atoms with Crippen LogP contribution in [-0.4, -0.2) is 58.0 Å². The zero-order valence-electron chi connectivity index (χ0n) is 16.6. The standard InChI is InChI=1S/C20H23N5O3S/c1-24(12-16-9-10-17(27-2)18(11-16)28-3)19(26)14-29-20-21-22-23-25(20)13-15-7-5-4-6-8-15/h4-11H,12-14H2,1-3H3. The molecule has 0 N–H and O–H groups in total. The minimum atomic E-state index is -0.0148. The first-order chi connectivity index (χ1) is 14.1. The number of ether oxygens (including phenoxy) is 2. The first kappa shape index (κ1) is 20.7. The zero-order valence-corrected chi connectivity index (χ0v) is 17.4. The molecule has 0 saturated heterocycles. The molecule has 0 unspecified atom stereocenters. The van der Waals surface area contributed by atoms with Crippen LogP contribution in [-0.2, 0) is 17.9 Å². The van der Waals surface area contributed by atoms with Crippen molar-refractivity contribution in [3.05, 3.63) is 59.7 Å². The van der Waals surface area contributed by atoms with Crippen LogP contribution in [0, 0.1) is 0 Å². The second-order valence-electron chi connectivity index (χ2n) is 6.33. The molecule has 0 atom stereocenters. The van der Waals surface area contributed by atoms with Gasteiger partial charge in [0, 0.05) is 13.6 Å². The van der Waals surface area contributed by atoms with E-state index in [1.807, 2.05) is 48.5 Å². The highest BCUT2D eigenvalue weighted by Gasteiger charge is 2.15. The average Bonchev–Trinajstić information content (AvgIpc) is 3.19. The fourth-order valence-corrected chi connectivity index (χ4v) is 3.55. The number of nitrogens with zero attached hydrogens (tertiary/aromatic N) is 5. The molecule has 1 amide bonds. The molecule has 2 aromatic carbocycles. The van der Waals surface area contributed by atoms with Crippen molar-refractivity contribution in [2.75, 3.05) is 27.0 Å². The normalized spacial score (nSPS) is 10.6. The summed E-state index contributed by atoms with van der Waals surface area (Å²) in [5, 5.41) is 12.4. The fourth-order valence-electron chi connectivity index (χ4n) is 2.73. The van der Waals surface area contributed by atoms with Crippen molar-refractivity contribution in [1.29, 1.82) is 0 Å². The molecule has 0 spiro atoms. The van der Waals surface area contributed by atoms with E-state index in [4.69, 9.17) is 9.47 Å². The summed E-state index contributed by atoms with van der Waals surface area (Å²) in [6, 6.07) is 15.5. The summed E-state index contributed by atoms with van der Waals surface area (Å²) in [6.45, 7) is 1.03. The van der Waals surface area contributed by atoms with Gasteiger partial charge in [-0.25, -0.2) is 4.68 Å². The summed E-state index contributed by atoms with van der Waals surface area (Å²) in [5.41, 5.74) is 2.05. The highest BCUT2D eigenvalue weighted by Crippen LogP contribution is 2.28. The third-order valence-electron chi connectivity index (χ3n) is 4.29. The number of aromatic nitrogens is 4. The lowest BCUT2D eigenvalue weighted by Crippen LogP contribution is -2.28. The second-order valence-corrected chi connectivity index (χ2v) is 7.28. The van der Waals surface area contributed by atoms with Gasteiger partial charge in [-0.3, -0.25) is 4.79 Å². The van der Waals surface area contributed by atoms with Gasteiger partial charge in [0.1, 0.15) is 0 Å². The first-order valence-electron chi connectivity index (χ1n) is 8.98. The molecule has 1 heterocycles. The number of thioether (sulfide) groups is 1. The number of amides is 1. The number of tetrazole rings is 1. The molecule has 0 aliphatic heterocycles. The molecule has 3 aromatic rings. The van der Waals surface area contributed by atoms with Gasteiger partial charge in [0.05, 0.1) is 26.5 Å². The molecular formula is C20H23N5O3S. The zero-order chi connectivity index (χ0) is 20.6. The van der Waals surface area contributed by atoms with E-state index in [0.717, 1.165) is 11.1 Å². The largest absolute Gasteiger partial charge is 0.493 e. The first-order valence-corrected chi connectivity index (χ1v) is 9.97. The van der Waals surface area contributed by atoms with E-state index in [9.17, 15) is 4.79 Å². The Labute approximate surface area is 173 Å². The van der Waals surface area contributed by atoms with E-state index in [2.05, 4.69) is 15.5 Å². The Balaban J connectivity index is 1.56. The van der Waals surface area contributed by atoms with Crippen molar-refractivity contribution in [3.8, 4) is 11.5 Å². The lowest BCUT2D eigenvalue weighted by atomic mass is 10.2. The quantitative estimate of drug-likeness (QED) is 0.499. The van der Waals surface area contributed by atoms with E-state index in [-0.39, 0.29) is 11.7 Å². The lowest BCUT2D eigenvalue weighted by Gasteiger charge is -2.18. The van der Waals surface area contributed by atoms with Gasteiger partial charge < -0.3 is 14.4 Å². The van der Waals surface area contributed by atoms with Crippen LogP contribution in [0.1, 0.15) is 11.1 Å². The third-order valence-corrected chi connectivity index (χ3v) is 5.23. The monoisotopic (exact) mass is 413 g/mol. The molecule has 0 fully saturated rings. The minimum Gasteiger partial charge on any atom is -0.493 e. The molecule has 0 aliphatic rings. The van der Waals surface area contributed by atoms with E-state index < -0.39 is 0 Å². The summed E-state index contributed by atoms with van der Waals surface area (Å²) in [5.74, 6) is 1.53. The number of methoxy groups -OCH3 is 2. The second kappa shape index (κ2) is 9.92. The van der Waals surface area contributed by atoms with E-state index in [0.29, 0.717) is 29.7 Å². The number of hydrogen-bond donors (Lipinski definition) is 0. The molecule has 8 nitrogen and oxygen atoms in total. The van der Waals surface area contributed by atoms with E-state index in [1.165, 1.54) is 11.8 Å². The summed E-state index contributed by atoms with van der Waals surface area (Å²) >= 11 is 1.32. The molecule has 0 radical (unpaired) electrons. The van der Waals surface area contributed by atoms with Crippen LogP contribution in [0.2, 0.25) is 0 Å². The van der Waals surface area contributed by atoms with Crippen LogP contribution < -0.4 is 9.47 Å². The molecule has 0 bridgehead atoms. The predicted molar refractivity (Wildman–Crippen MR) is 110 cm³/mol. The maximum atomic E-state index is 12.6. The molecule has 0 aliphatic carbocycles. The SMILES string of the molecule is COc1ccc(CN(C)C(=O)CSc2nnnn2Cc2ccccc2)cc1OC. The summed E-state index contributed by atoms with van der Waals surface area (Å²) in [6.07, 6.45) is 0. The molecule has 1 aromatic heterocycles. The van der Waals surface area contributed by atoms with Crippen LogP contribution in [0.5, 0.6) is 11.5 Å². The number of benzene rings is 2. The Bertz CT molecular complexity index is 948. The number of hydrogen-bond acceptors (Lipinski definition) is 7. The highest BCUT2D eigenvalue weighted by atomic mass is 32.2. The summed E-state index contributed by atoms with van der Waals surface area (Å²) in [4.78, 5) is 14.2. The number of carbonyl (C=O) groups is 1. The van der Waals surface area contributed by atoms with Crippen molar-refractivity contribution in [3.63, 3.8) is 0 Å². The minimum absolute atomic E-state index is 0.0148. The van der Waals surface area contributed by atoms with Gasteiger partial charge in [-0.2, -0.15) is 0 Å². The van der Waals surface area contributed by atoms with Crippen LogP contribution in [0.15, 0.2) is 53.7 Å². The Morgan fingerprint density at radius 1 is 1.07 bits per heavy atom. The van der Waals surface area contributed by atoms with E-state index in [1.54, 1.807) is 30.8 Å². The fraction of sp³-hybridized carbons (Fsp3) is 0.300.